The zero-order valence-corrected chi connectivity index (χ0v) is 14.3. The SMILES string of the molecule is CC(=O)OCC(=O)COC(=S)Nc1ccc(F)c(F)c1F.NC(O)=S. The number of benzene rings is 1. The molecule has 1 aromatic carbocycles. The van der Waals surface area contributed by atoms with Crippen molar-refractivity contribution in [1.82, 2.24) is 0 Å². The number of Topliss-reactive ketones (excluding diaryl/α,β-unsaturated/α-hetero) is 1. The van der Waals surface area contributed by atoms with Gasteiger partial charge >= 0.3 is 5.97 Å². The van der Waals surface area contributed by atoms with Crippen LogP contribution in [0.4, 0.5) is 18.9 Å². The van der Waals surface area contributed by atoms with E-state index in [1.165, 1.54) is 0 Å². The fourth-order valence-corrected chi connectivity index (χ4v) is 1.31. The van der Waals surface area contributed by atoms with Crippen LogP contribution in [0.3, 0.4) is 0 Å². The van der Waals surface area contributed by atoms with Crippen LogP contribution in [0.15, 0.2) is 12.1 Å². The van der Waals surface area contributed by atoms with Crippen molar-refractivity contribution < 1.29 is 37.3 Å². The summed E-state index contributed by atoms with van der Waals surface area (Å²) in [6.45, 7) is 0.119. The number of hydrogen-bond acceptors (Lipinski definition) is 6. The van der Waals surface area contributed by atoms with Crippen molar-refractivity contribution in [2.45, 2.75) is 6.92 Å². The number of halogens is 3. The van der Waals surface area contributed by atoms with Crippen molar-refractivity contribution in [3.63, 3.8) is 0 Å². The molecule has 7 nitrogen and oxygen atoms in total. The van der Waals surface area contributed by atoms with Gasteiger partial charge in [-0.3, -0.25) is 9.59 Å². The number of hydrogen-bond donors (Lipinski definition) is 3. The second-order valence-corrected chi connectivity index (χ2v) is 4.87. The third-order valence-electron chi connectivity index (χ3n) is 2.07. The Kier molecular flexibility index (Phi) is 10.0. The molecule has 0 bridgehead atoms. The van der Waals surface area contributed by atoms with E-state index in [-0.39, 0.29) is 0 Å². The molecule has 0 aliphatic heterocycles. The van der Waals surface area contributed by atoms with Gasteiger partial charge in [-0.25, -0.2) is 13.2 Å². The summed E-state index contributed by atoms with van der Waals surface area (Å²) in [5.74, 6) is -5.68. The number of nitrogens with one attached hydrogen (secondary N) is 1. The summed E-state index contributed by atoms with van der Waals surface area (Å²) in [7, 11) is 0. The zero-order valence-electron chi connectivity index (χ0n) is 12.7. The maximum atomic E-state index is 13.3. The van der Waals surface area contributed by atoms with Crippen LogP contribution in [0.25, 0.3) is 0 Å². The number of ketones is 1. The predicted octanol–water partition coefficient (Wildman–Crippen LogP) is 1.74. The largest absolute Gasteiger partial charge is 0.487 e. The average Bonchev–Trinajstić information content (AvgIpc) is 2.51. The number of thiocarbonyl (C=S) groups is 2. The Morgan fingerprint density at radius 1 is 1.16 bits per heavy atom. The minimum absolute atomic E-state index is 0.420. The first kappa shape index (κ1) is 22.5. The second-order valence-electron chi connectivity index (χ2n) is 4.08. The van der Waals surface area contributed by atoms with Crippen molar-refractivity contribution in [1.29, 1.82) is 0 Å². The van der Waals surface area contributed by atoms with Crippen molar-refractivity contribution in [3.8, 4) is 0 Å². The van der Waals surface area contributed by atoms with Gasteiger partial charge in [0, 0.05) is 6.92 Å². The van der Waals surface area contributed by atoms with Crippen molar-refractivity contribution in [2.24, 2.45) is 5.73 Å². The highest BCUT2D eigenvalue weighted by molar-refractivity contribution is 7.80. The maximum Gasteiger partial charge on any atom is 0.303 e. The summed E-state index contributed by atoms with van der Waals surface area (Å²) < 4.78 is 48.2. The lowest BCUT2D eigenvalue weighted by Gasteiger charge is -2.10. The number of aliphatic hydroxyl groups is 1. The van der Waals surface area contributed by atoms with Crippen LogP contribution in [-0.2, 0) is 19.1 Å². The molecule has 0 saturated carbocycles. The average molecular weight is 398 g/mol. The van der Waals surface area contributed by atoms with Crippen LogP contribution in [0.1, 0.15) is 6.92 Å². The molecule has 4 N–H and O–H groups in total. The molecule has 138 valence electrons. The molecule has 0 fully saturated rings. The summed E-state index contributed by atoms with van der Waals surface area (Å²) in [6.07, 6.45) is 0. The normalized spacial score (nSPS) is 9.28. The molecule has 1 rings (SSSR count). The van der Waals surface area contributed by atoms with Crippen LogP contribution in [-0.4, -0.2) is 40.4 Å². The number of nitrogens with two attached hydrogens (primary N) is 1. The first-order chi connectivity index (χ1) is 11.5. The molecule has 12 heteroatoms. The van der Waals surface area contributed by atoms with Crippen LogP contribution >= 0.6 is 24.4 Å². The highest BCUT2D eigenvalue weighted by Crippen LogP contribution is 2.19. The summed E-state index contributed by atoms with van der Waals surface area (Å²) in [6, 6.07) is 1.62. The van der Waals surface area contributed by atoms with Gasteiger partial charge < -0.3 is 25.6 Å². The van der Waals surface area contributed by atoms with Crippen LogP contribution in [0.5, 0.6) is 0 Å². The van der Waals surface area contributed by atoms with Crippen LogP contribution < -0.4 is 11.1 Å². The number of carbonyl (C=O) groups is 2. The molecule has 0 spiro atoms. The molecule has 25 heavy (non-hydrogen) atoms. The minimum Gasteiger partial charge on any atom is -0.487 e. The molecule has 0 unspecified atom stereocenters. The van der Waals surface area contributed by atoms with Gasteiger partial charge in [-0.15, -0.1) is 0 Å². The van der Waals surface area contributed by atoms with Crippen LogP contribution in [0.2, 0.25) is 0 Å². The zero-order chi connectivity index (χ0) is 19.6. The fraction of sp³-hybridized carbons (Fsp3) is 0.231. The van der Waals surface area contributed by atoms with Gasteiger partial charge in [0.15, 0.2) is 30.7 Å². The molecule has 0 atom stereocenters. The lowest BCUT2D eigenvalue weighted by atomic mass is 10.3. The van der Waals surface area contributed by atoms with Gasteiger partial charge in [0.25, 0.3) is 10.3 Å². The number of carbonyl (C=O) groups excluding carboxylic acids is 2. The quantitative estimate of drug-likeness (QED) is 0.388. The Morgan fingerprint density at radius 2 is 1.68 bits per heavy atom. The fourth-order valence-electron chi connectivity index (χ4n) is 1.14. The Bertz CT molecular complexity index is 669. The van der Waals surface area contributed by atoms with Gasteiger partial charge in [0.1, 0.15) is 0 Å². The standard InChI is InChI=1S/C12H10F3NO4S.CH3NOS/c1-6(17)19-4-7(18)5-20-12(21)16-9-3-2-8(13)10(14)11(9)15;2-1(3)4/h2-3H,4-5H2,1H3,(H,16,21);(H3,2,3,4). The summed E-state index contributed by atoms with van der Waals surface area (Å²) >= 11 is 8.52. The third kappa shape index (κ3) is 10.1. The summed E-state index contributed by atoms with van der Waals surface area (Å²) in [5, 5.41) is 8.81. The Balaban J connectivity index is 0.00000129. The molecule has 0 aliphatic carbocycles. The third-order valence-corrected chi connectivity index (χ3v) is 2.29. The van der Waals surface area contributed by atoms with Gasteiger partial charge in [0.2, 0.25) is 5.78 Å². The van der Waals surface area contributed by atoms with Crippen LogP contribution in [0, 0.1) is 17.5 Å². The summed E-state index contributed by atoms with van der Waals surface area (Å²) in [4.78, 5) is 21.7. The van der Waals surface area contributed by atoms with E-state index in [0.29, 0.717) is 6.07 Å². The number of anilines is 1. The van der Waals surface area contributed by atoms with E-state index in [0.717, 1.165) is 13.0 Å². The smallest absolute Gasteiger partial charge is 0.303 e. The monoisotopic (exact) mass is 398 g/mol. The molecule has 0 heterocycles. The minimum atomic E-state index is -1.66. The second kappa shape index (κ2) is 11.1. The van der Waals surface area contributed by atoms with E-state index < -0.39 is 58.5 Å². The number of ether oxygens (including phenoxy) is 2. The lowest BCUT2D eigenvalue weighted by molar-refractivity contribution is -0.146. The topological polar surface area (TPSA) is 111 Å². The molecule has 0 amide bonds. The van der Waals surface area contributed by atoms with Crippen molar-refractivity contribution >= 4 is 52.2 Å². The molecule has 0 aliphatic rings. The number of aliphatic hydroxyl groups excluding tert-OH is 1. The van der Waals surface area contributed by atoms with Gasteiger partial charge in [-0.1, -0.05) is 0 Å². The molecular weight excluding hydrogens is 385 g/mol. The first-order valence-corrected chi connectivity index (χ1v) is 7.07. The lowest BCUT2D eigenvalue weighted by Crippen LogP contribution is -2.22. The van der Waals surface area contributed by atoms with E-state index in [1.807, 2.05) is 0 Å². The number of rotatable bonds is 5. The Morgan fingerprint density at radius 3 is 2.20 bits per heavy atom. The summed E-state index contributed by atoms with van der Waals surface area (Å²) in [5.41, 5.74) is 3.96. The Hall–Kier alpha value is -2.47. The Labute approximate surface area is 150 Å². The van der Waals surface area contributed by atoms with E-state index in [4.69, 9.17) is 9.84 Å². The molecular formula is C13H13F3N2O5S2. The van der Waals surface area contributed by atoms with E-state index >= 15 is 0 Å². The number of esters is 1. The van der Waals surface area contributed by atoms with E-state index in [1.54, 1.807) is 0 Å². The first-order valence-electron chi connectivity index (χ1n) is 6.25. The van der Waals surface area contributed by atoms with E-state index in [9.17, 15) is 22.8 Å². The van der Waals surface area contributed by atoms with Crippen molar-refractivity contribution in [3.05, 3.63) is 29.6 Å². The van der Waals surface area contributed by atoms with Gasteiger partial charge in [-0.05, 0) is 36.6 Å². The van der Waals surface area contributed by atoms with Gasteiger partial charge in [0.05, 0.1) is 5.69 Å². The van der Waals surface area contributed by atoms with Crippen molar-refractivity contribution in [2.75, 3.05) is 18.5 Å². The highest BCUT2D eigenvalue weighted by atomic mass is 32.1. The van der Waals surface area contributed by atoms with E-state index in [2.05, 4.69) is 40.2 Å². The molecule has 0 saturated heterocycles. The maximum absolute atomic E-state index is 13.3. The van der Waals surface area contributed by atoms with Gasteiger partial charge in [-0.2, -0.15) is 0 Å². The highest BCUT2D eigenvalue weighted by Gasteiger charge is 2.15. The molecule has 1 aromatic rings. The predicted molar refractivity (Wildman–Crippen MR) is 89.5 cm³/mol. The molecule has 0 radical (unpaired) electrons. The molecule has 0 aromatic heterocycles.